The maximum Gasteiger partial charge on any atom is 0.295 e. The van der Waals surface area contributed by atoms with Gasteiger partial charge in [0, 0.05) is 25.8 Å². The van der Waals surface area contributed by atoms with E-state index in [1.807, 2.05) is 48.5 Å². The number of aliphatic hydroxyl groups is 1. The molecule has 3 aromatic carbocycles. The average molecular weight is 401 g/mol. The Labute approximate surface area is 175 Å². The summed E-state index contributed by atoms with van der Waals surface area (Å²) in [6, 6.07) is 21.9. The van der Waals surface area contributed by atoms with Crippen LogP contribution in [0.15, 0.2) is 78.4 Å². The lowest BCUT2D eigenvalue weighted by atomic mass is 9.91. The third-order valence-electron chi connectivity index (χ3n) is 5.45. The van der Waals surface area contributed by atoms with Gasteiger partial charge in [-0.05, 0) is 22.8 Å². The second-order valence-electron chi connectivity index (χ2n) is 7.27. The highest BCUT2D eigenvalue weighted by Crippen LogP contribution is 2.41. The average Bonchev–Trinajstić information content (AvgIpc) is 3.04. The molecule has 1 saturated heterocycles. The number of rotatable bonds is 6. The van der Waals surface area contributed by atoms with Crippen LogP contribution in [0.4, 0.5) is 0 Å². The van der Waals surface area contributed by atoms with Crippen LogP contribution in [0.5, 0.6) is 0 Å². The minimum atomic E-state index is -0.660. The topological polar surface area (TPSA) is 66.8 Å². The van der Waals surface area contributed by atoms with Gasteiger partial charge in [0.05, 0.1) is 11.6 Å². The lowest BCUT2D eigenvalue weighted by molar-refractivity contribution is -0.140. The summed E-state index contributed by atoms with van der Waals surface area (Å²) in [5.74, 6) is -1.41. The quantitative estimate of drug-likeness (QED) is 0.289. The number of likely N-dealkylation sites (tertiary alicyclic amines) is 1. The summed E-state index contributed by atoms with van der Waals surface area (Å²) in [7, 11) is 1.60. The number of fused-ring (bicyclic) bond motifs is 1. The van der Waals surface area contributed by atoms with Crippen LogP contribution in [-0.2, 0) is 14.3 Å². The second-order valence-corrected chi connectivity index (χ2v) is 7.27. The predicted molar refractivity (Wildman–Crippen MR) is 116 cm³/mol. The summed E-state index contributed by atoms with van der Waals surface area (Å²) in [4.78, 5) is 27.6. The number of ether oxygens (including phenoxy) is 1. The zero-order valence-corrected chi connectivity index (χ0v) is 16.7. The Kier molecular flexibility index (Phi) is 5.63. The van der Waals surface area contributed by atoms with Crippen LogP contribution in [-0.4, -0.2) is 42.0 Å². The van der Waals surface area contributed by atoms with Crippen LogP contribution in [0.3, 0.4) is 0 Å². The largest absolute Gasteiger partial charge is 0.507 e. The highest BCUT2D eigenvalue weighted by Gasteiger charge is 2.46. The number of ketones is 1. The van der Waals surface area contributed by atoms with Gasteiger partial charge >= 0.3 is 0 Å². The SMILES string of the molecule is COCCCN1C(=O)C(=O)C(=C(O)c2ccccc2)[C@H]1c1cccc2ccccc12. The van der Waals surface area contributed by atoms with Crippen molar-refractivity contribution < 1.29 is 19.4 Å². The molecule has 0 unspecified atom stereocenters. The van der Waals surface area contributed by atoms with Crippen molar-refractivity contribution >= 4 is 28.2 Å². The molecule has 1 amide bonds. The zero-order chi connectivity index (χ0) is 21.1. The first-order chi connectivity index (χ1) is 14.6. The maximum atomic E-state index is 13.0. The number of aliphatic hydroxyl groups excluding tert-OH is 1. The predicted octanol–water partition coefficient (Wildman–Crippen LogP) is 4.30. The first-order valence-electron chi connectivity index (χ1n) is 9.94. The van der Waals surface area contributed by atoms with Crippen LogP contribution < -0.4 is 0 Å². The molecule has 0 saturated carbocycles. The Morgan fingerprint density at radius 3 is 2.43 bits per heavy atom. The number of methoxy groups -OCH3 is 1. The maximum absolute atomic E-state index is 13.0. The molecule has 152 valence electrons. The number of carbonyl (C=O) groups excluding carboxylic acids is 2. The standard InChI is InChI=1S/C25H23NO4/c1-30-16-8-15-26-22(20-14-7-12-17-9-5-6-13-19(17)20)21(24(28)25(26)29)23(27)18-10-3-2-4-11-18/h2-7,9-14,22,27H,8,15-16H2,1H3/t22-/m1/s1. The van der Waals surface area contributed by atoms with Crippen molar-refractivity contribution in [2.24, 2.45) is 0 Å². The van der Waals surface area contributed by atoms with E-state index in [0.717, 1.165) is 16.3 Å². The molecular weight excluding hydrogens is 378 g/mol. The molecule has 0 aliphatic carbocycles. The summed E-state index contributed by atoms with van der Waals surface area (Å²) in [6.07, 6.45) is 0.593. The smallest absolute Gasteiger partial charge is 0.295 e. The Balaban J connectivity index is 1.92. The van der Waals surface area contributed by atoms with Gasteiger partial charge < -0.3 is 14.7 Å². The van der Waals surface area contributed by atoms with Crippen LogP contribution in [0, 0.1) is 0 Å². The Morgan fingerprint density at radius 1 is 0.967 bits per heavy atom. The van der Waals surface area contributed by atoms with Gasteiger partial charge in [0.15, 0.2) is 0 Å². The van der Waals surface area contributed by atoms with Gasteiger partial charge in [0.1, 0.15) is 5.76 Å². The monoisotopic (exact) mass is 401 g/mol. The van der Waals surface area contributed by atoms with E-state index >= 15 is 0 Å². The van der Waals surface area contributed by atoms with Crippen molar-refractivity contribution in [3.63, 3.8) is 0 Å². The fourth-order valence-corrected chi connectivity index (χ4v) is 4.05. The van der Waals surface area contributed by atoms with Gasteiger partial charge in [-0.15, -0.1) is 0 Å². The summed E-state index contributed by atoms with van der Waals surface area (Å²) >= 11 is 0. The second kappa shape index (κ2) is 8.51. The van der Waals surface area contributed by atoms with E-state index < -0.39 is 17.7 Å². The molecule has 0 spiro atoms. The summed E-state index contributed by atoms with van der Waals surface area (Å²) in [5.41, 5.74) is 1.46. The number of amides is 1. The normalized spacial score (nSPS) is 18.3. The van der Waals surface area contributed by atoms with Gasteiger partial charge in [-0.1, -0.05) is 72.8 Å². The van der Waals surface area contributed by atoms with Crippen molar-refractivity contribution in [2.45, 2.75) is 12.5 Å². The highest BCUT2D eigenvalue weighted by molar-refractivity contribution is 6.46. The van der Waals surface area contributed by atoms with Gasteiger partial charge in [0.25, 0.3) is 11.7 Å². The van der Waals surface area contributed by atoms with Crippen LogP contribution >= 0.6 is 0 Å². The number of carbonyl (C=O) groups is 2. The molecule has 1 heterocycles. The Hall–Kier alpha value is -3.44. The Morgan fingerprint density at radius 2 is 1.67 bits per heavy atom. The van der Waals surface area contributed by atoms with E-state index in [1.54, 1.807) is 36.3 Å². The number of hydrogen-bond donors (Lipinski definition) is 1. The number of Topliss-reactive ketones (excluding diaryl/α,β-unsaturated/α-hetero) is 1. The third kappa shape index (κ3) is 3.48. The van der Waals surface area contributed by atoms with Gasteiger partial charge in [-0.25, -0.2) is 0 Å². The third-order valence-corrected chi connectivity index (χ3v) is 5.45. The van der Waals surface area contributed by atoms with Crippen LogP contribution in [0.25, 0.3) is 16.5 Å². The summed E-state index contributed by atoms with van der Waals surface area (Å²) in [5, 5.41) is 13.0. The zero-order valence-electron chi connectivity index (χ0n) is 16.7. The molecule has 4 rings (SSSR count). The molecule has 1 fully saturated rings. The first kappa shape index (κ1) is 19.9. The first-order valence-corrected chi connectivity index (χ1v) is 9.94. The molecule has 1 atom stereocenters. The molecule has 3 aromatic rings. The Bertz CT molecular complexity index is 1110. The lowest BCUT2D eigenvalue weighted by Gasteiger charge is -2.26. The van der Waals surface area contributed by atoms with Gasteiger partial charge in [0.2, 0.25) is 0 Å². The van der Waals surface area contributed by atoms with E-state index in [0.29, 0.717) is 25.1 Å². The van der Waals surface area contributed by atoms with Crippen molar-refractivity contribution in [3.8, 4) is 0 Å². The summed E-state index contributed by atoms with van der Waals surface area (Å²) in [6.45, 7) is 0.835. The van der Waals surface area contributed by atoms with E-state index in [2.05, 4.69) is 0 Å². The molecule has 1 aliphatic heterocycles. The molecule has 5 heteroatoms. The fourth-order valence-electron chi connectivity index (χ4n) is 4.05. The molecule has 1 aliphatic rings. The van der Waals surface area contributed by atoms with Crippen LogP contribution in [0.1, 0.15) is 23.6 Å². The van der Waals surface area contributed by atoms with E-state index in [-0.39, 0.29) is 11.3 Å². The molecule has 30 heavy (non-hydrogen) atoms. The molecule has 0 bridgehead atoms. The minimum Gasteiger partial charge on any atom is -0.507 e. The number of benzene rings is 3. The van der Waals surface area contributed by atoms with Gasteiger partial charge in [-0.2, -0.15) is 0 Å². The van der Waals surface area contributed by atoms with Crippen molar-refractivity contribution in [3.05, 3.63) is 89.5 Å². The molecule has 1 N–H and O–H groups in total. The van der Waals surface area contributed by atoms with Crippen molar-refractivity contribution in [1.29, 1.82) is 0 Å². The molecule has 5 nitrogen and oxygen atoms in total. The van der Waals surface area contributed by atoms with Gasteiger partial charge in [-0.3, -0.25) is 9.59 Å². The van der Waals surface area contributed by atoms with Crippen LogP contribution in [0.2, 0.25) is 0 Å². The number of hydrogen-bond acceptors (Lipinski definition) is 4. The minimum absolute atomic E-state index is 0.125. The molecular formula is C25H23NO4. The van der Waals surface area contributed by atoms with Crippen molar-refractivity contribution in [2.75, 3.05) is 20.3 Å². The molecule has 0 aromatic heterocycles. The van der Waals surface area contributed by atoms with E-state index in [9.17, 15) is 14.7 Å². The lowest BCUT2D eigenvalue weighted by Crippen LogP contribution is -2.31. The van der Waals surface area contributed by atoms with E-state index in [4.69, 9.17) is 4.74 Å². The van der Waals surface area contributed by atoms with Crippen molar-refractivity contribution in [1.82, 2.24) is 4.90 Å². The van der Waals surface area contributed by atoms with E-state index in [1.165, 1.54) is 0 Å². The fraction of sp³-hybridized carbons (Fsp3) is 0.200. The highest BCUT2D eigenvalue weighted by atomic mass is 16.5. The number of nitrogens with zero attached hydrogens (tertiary/aromatic N) is 1. The molecule has 0 radical (unpaired) electrons. The summed E-state index contributed by atoms with van der Waals surface area (Å²) < 4.78 is 5.13.